The van der Waals surface area contributed by atoms with Crippen LogP contribution in [0.2, 0.25) is 0 Å². The molecular formula is C25H40O2. The Labute approximate surface area is 167 Å². The predicted molar refractivity (Wildman–Crippen MR) is 116 cm³/mol. The molecule has 0 amide bonds. The Morgan fingerprint density at radius 1 is 0.778 bits per heavy atom. The molecule has 152 valence electrons. The summed E-state index contributed by atoms with van der Waals surface area (Å²) in [5.74, 6) is 0.368. The van der Waals surface area contributed by atoms with E-state index in [9.17, 15) is 4.79 Å². The molecule has 0 fully saturated rings. The first-order chi connectivity index (χ1) is 13.2. The van der Waals surface area contributed by atoms with Gasteiger partial charge in [0, 0.05) is 5.57 Å². The number of hydrogen-bond donors (Lipinski definition) is 0. The fourth-order valence-corrected chi connectivity index (χ4v) is 3.24. The van der Waals surface area contributed by atoms with Crippen LogP contribution < -0.4 is 4.74 Å². The highest BCUT2D eigenvalue weighted by molar-refractivity contribution is 5.89. The molecule has 0 heterocycles. The molecule has 1 aromatic carbocycles. The topological polar surface area (TPSA) is 26.3 Å². The van der Waals surface area contributed by atoms with E-state index in [0.29, 0.717) is 11.3 Å². The van der Waals surface area contributed by atoms with Gasteiger partial charge >= 0.3 is 5.97 Å². The van der Waals surface area contributed by atoms with Crippen LogP contribution in [0.3, 0.4) is 0 Å². The van der Waals surface area contributed by atoms with E-state index in [1.54, 1.807) is 12.1 Å². The van der Waals surface area contributed by atoms with Crippen molar-refractivity contribution in [2.24, 2.45) is 0 Å². The van der Waals surface area contributed by atoms with Gasteiger partial charge in [-0.05, 0) is 31.9 Å². The van der Waals surface area contributed by atoms with Crippen molar-refractivity contribution in [3.05, 3.63) is 42.0 Å². The number of ether oxygens (including phenoxy) is 1. The van der Waals surface area contributed by atoms with E-state index in [2.05, 4.69) is 6.92 Å². The molecule has 0 saturated heterocycles. The molecule has 0 N–H and O–H groups in total. The van der Waals surface area contributed by atoms with Crippen LogP contribution in [0.15, 0.2) is 42.0 Å². The van der Waals surface area contributed by atoms with Gasteiger partial charge in [0.25, 0.3) is 0 Å². The Bertz CT molecular complexity index is 504. The van der Waals surface area contributed by atoms with E-state index in [1.165, 1.54) is 77.0 Å². The van der Waals surface area contributed by atoms with Crippen LogP contribution in [0, 0.1) is 0 Å². The first kappa shape index (κ1) is 23.5. The number of carbonyl (C=O) groups is 1. The maximum absolute atomic E-state index is 12.0. The highest BCUT2D eigenvalue weighted by Gasteiger charge is 2.06. The third kappa shape index (κ3) is 13.3. The molecule has 1 rings (SSSR count). The number of carbonyl (C=O) groups excluding carboxylic acids is 1. The molecule has 0 unspecified atom stereocenters. The standard InChI is InChI=1S/C25H40O2/c1-3-4-5-6-7-8-9-10-11-12-13-14-15-17-20-23(2)25(26)27-24-21-18-16-19-22-24/h16,18-22H,3-15,17H2,1-2H3. The van der Waals surface area contributed by atoms with Crippen LogP contribution in [0.4, 0.5) is 0 Å². The van der Waals surface area contributed by atoms with Gasteiger partial charge < -0.3 is 4.74 Å². The van der Waals surface area contributed by atoms with Crippen molar-refractivity contribution in [2.75, 3.05) is 0 Å². The van der Waals surface area contributed by atoms with E-state index in [1.807, 2.05) is 31.2 Å². The molecule has 1 aromatic rings. The molecule has 0 aliphatic carbocycles. The Balaban J connectivity index is 1.93. The summed E-state index contributed by atoms with van der Waals surface area (Å²) < 4.78 is 5.34. The lowest BCUT2D eigenvalue weighted by atomic mass is 10.0. The van der Waals surface area contributed by atoms with Crippen molar-refractivity contribution in [1.82, 2.24) is 0 Å². The highest BCUT2D eigenvalue weighted by Crippen LogP contribution is 2.14. The monoisotopic (exact) mass is 372 g/mol. The fourth-order valence-electron chi connectivity index (χ4n) is 3.24. The lowest BCUT2D eigenvalue weighted by molar-refractivity contribution is -0.130. The van der Waals surface area contributed by atoms with E-state index in [0.717, 1.165) is 12.8 Å². The van der Waals surface area contributed by atoms with Crippen LogP contribution in [0.1, 0.15) is 104 Å². The van der Waals surface area contributed by atoms with Gasteiger partial charge in [-0.15, -0.1) is 0 Å². The van der Waals surface area contributed by atoms with Gasteiger partial charge in [0.05, 0.1) is 0 Å². The van der Waals surface area contributed by atoms with E-state index < -0.39 is 0 Å². The van der Waals surface area contributed by atoms with Gasteiger partial charge in [-0.25, -0.2) is 4.79 Å². The summed E-state index contributed by atoms with van der Waals surface area (Å²) >= 11 is 0. The van der Waals surface area contributed by atoms with Crippen molar-refractivity contribution in [3.8, 4) is 5.75 Å². The second kappa shape index (κ2) is 16.6. The first-order valence-electron chi connectivity index (χ1n) is 11.2. The number of rotatable bonds is 16. The van der Waals surface area contributed by atoms with Crippen molar-refractivity contribution < 1.29 is 9.53 Å². The quantitative estimate of drug-likeness (QED) is 0.127. The zero-order chi connectivity index (χ0) is 19.6. The highest BCUT2D eigenvalue weighted by atomic mass is 16.5. The third-order valence-corrected chi connectivity index (χ3v) is 5.03. The predicted octanol–water partition coefficient (Wildman–Crippen LogP) is 8.02. The molecule has 0 bridgehead atoms. The second-order valence-electron chi connectivity index (χ2n) is 7.62. The van der Waals surface area contributed by atoms with Crippen LogP contribution in [-0.2, 0) is 4.79 Å². The molecule has 0 spiro atoms. The zero-order valence-corrected chi connectivity index (χ0v) is 17.7. The molecule has 2 heteroatoms. The number of unbranched alkanes of at least 4 members (excludes halogenated alkanes) is 13. The Morgan fingerprint density at radius 2 is 1.26 bits per heavy atom. The molecule has 0 atom stereocenters. The van der Waals surface area contributed by atoms with Crippen LogP contribution >= 0.6 is 0 Å². The Kier molecular flexibility index (Phi) is 14.4. The molecule has 2 nitrogen and oxygen atoms in total. The zero-order valence-electron chi connectivity index (χ0n) is 17.7. The summed E-state index contributed by atoms with van der Waals surface area (Å²) in [6.07, 6.45) is 20.7. The smallest absolute Gasteiger partial charge is 0.338 e. The van der Waals surface area contributed by atoms with Crippen LogP contribution in [0.25, 0.3) is 0 Å². The summed E-state index contributed by atoms with van der Waals surface area (Å²) in [4.78, 5) is 12.0. The molecule has 0 aromatic heterocycles. The lowest BCUT2D eigenvalue weighted by Crippen LogP contribution is -2.09. The number of benzene rings is 1. The van der Waals surface area contributed by atoms with Gasteiger partial charge in [0.2, 0.25) is 0 Å². The van der Waals surface area contributed by atoms with E-state index in [4.69, 9.17) is 4.74 Å². The SMILES string of the molecule is CCCCCCCCCCCCCCCC=C(C)C(=O)Oc1ccccc1. The number of para-hydroxylation sites is 1. The minimum atomic E-state index is -0.240. The first-order valence-corrected chi connectivity index (χ1v) is 11.2. The van der Waals surface area contributed by atoms with Crippen molar-refractivity contribution >= 4 is 5.97 Å². The third-order valence-electron chi connectivity index (χ3n) is 5.03. The van der Waals surface area contributed by atoms with Gasteiger partial charge in [0.15, 0.2) is 0 Å². The maximum atomic E-state index is 12.0. The summed E-state index contributed by atoms with van der Waals surface area (Å²) in [5, 5.41) is 0. The summed E-state index contributed by atoms with van der Waals surface area (Å²) in [6.45, 7) is 4.12. The number of hydrogen-bond acceptors (Lipinski definition) is 2. The van der Waals surface area contributed by atoms with Gasteiger partial charge in [0.1, 0.15) is 5.75 Å². The van der Waals surface area contributed by atoms with E-state index >= 15 is 0 Å². The van der Waals surface area contributed by atoms with Gasteiger partial charge in [-0.1, -0.05) is 108 Å². The largest absolute Gasteiger partial charge is 0.423 e. The van der Waals surface area contributed by atoms with Crippen molar-refractivity contribution in [3.63, 3.8) is 0 Å². The van der Waals surface area contributed by atoms with Gasteiger partial charge in [-0.3, -0.25) is 0 Å². The average Bonchev–Trinajstić information content (AvgIpc) is 2.68. The molecule has 0 aliphatic rings. The summed E-state index contributed by atoms with van der Waals surface area (Å²) in [7, 11) is 0. The average molecular weight is 373 g/mol. The molecule has 0 aliphatic heterocycles. The fraction of sp³-hybridized carbons (Fsp3) is 0.640. The Hall–Kier alpha value is -1.57. The van der Waals surface area contributed by atoms with Gasteiger partial charge in [-0.2, -0.15) is 0 Å². The van der Waals surface area contributed by atoms with Crippen molar-refractivity contribution in [2.45, 2.75) is 104 Å². The van der Waals surface area contributed by atoms with E-state index in [-0.39, 0.29) is 5.97 Å². The van der Waals surface area contributed by atoms with Crippen LogP contribution in [-0.4, -0.2) is 5.97 Å². The summed E-state index contributed by atoms with van der Waals surface area (Å²) in [6, 6.07) is 9.26. The minimum Gasteiger partial charge on any atom is -0.423 e. The second-order valence-corrected chi connectivity index (χ2v) is 7.62. The number of esters is 1. The summed E-state index contributed by atoms with van der Waals surface area (Å²) in [5.41, 5.74) is 0.706. The molecule has 0 saturated carbocycles. The number of allylic oxidation sites excluding steroid dienone is 1. The molecular weight excluding hydrogens is 332 g/mol. The lowest BCUT2D eigenvalue weighted by Gasteiger charge is -2.04. The molecule has 0 radical (unpaired) electrons. The molecule has 27 heavy (non-hydrogen) atoms. The normalized spacial score (nSPS) is 11.6. The van der Waals surface area contributed by atoms with Crippen LogP contribution in [0.5, 0.6) is 5.75 Å². The van der Waals surface area contributed by atoms with Crippen molar-refractivity contribution in [1.29, 1.82) is 0 Å². The minimum absolute atomic E-state index is 0.240. The Morgan fingerprint density at radius 3 is 1.78 bits per heavy atom. The maximum Gasteiger partial charge on any atom is 0.338 e.